The van der Waals surface area contributed by atoms with Crippen LogP contribution in [0.2, 0.25) is 0 Å². The van der Waals surface area contributed by atoms with E-state index in [0.717, 1.165) is 32.3 Å². The topological polar surface area (TPSA) is 35.2 Å². The molecular formula is C11H20F3NO. The van der Waals surface area contributed by atoms with E-state index in [1.54, 1.807) is 0 Å². The van der Waals surface area contributed by atoms with Gasteiger partial charge in [0.05, 0.1) is 6.10 Å². The summed E-state index contributed by atoms with van der Waals surface area (Å²) in [5, 5.41) is 0. The molecular weight excluding hydrogens is 219 g/mol. The molecule has 96 valence electrons. The second-order valence-corrected chi connectivity index (χ2v) is 4.48. The van der Waals surface area contributed by atoms with Crippen molar-refractivity contribution in [1.82, 2.24) is 0 Å². The number of ether oxygens (including phenoxy) is 1. The predicted octanol–water partition coefficient (Wildman–Crippen LogP) is 3.01. The van der Waals surface area contributed by atoms with Gasteiger partial charge < -0.3 is 10.5 Å². The van der Waals surface area contributed by atoms with Gasteiger partial charge in [0.2, 0.25) is 0 Å². The third-order valence-electron chi connectivity index (χ3n) is 2.92. The highest BCUT2D eigenvalue weighted by molar-refractivity contribution is 4.68. The van der Waals surface area contributed by atoms with Crippen molar-refractivity contribution in [2.24, 2.45) is 5.73 Å². The van der Waals surface area contributed by atoms with Gasteiger partial charge in [0.15, 0.2) is 0 Å². The molecule has 1 aliphatic heterocycles. The standard InChI is InChI=1S/C11H20F3NO/c12-11(13,14)7-6-9(15)3-1-4-10-5-2-8-16-10/h9-10H,1-8,15H2. The quantitative estimate of drug-likeness (QED) is 0.773. The Morgan fingerprint density at radius 2 is 2.06 bits per heavy atom. The summed E-state index contributed by atoms with van der Waals surface area (Å²) in [7, 11) is 0. The molecule has 16 heavy (non-hydrogen) atoms. The van der Waals surface area contributed by atoms with Gasteiger partial charge in [0.1, 0.15) is 0 Å². The number of hydrogen-bond acceptors (Lipinski definition) is 2. The zero-order valence-electron chi connectivity index (χ0n) is 9.43. The molecule has 0 aromatic heterocycles. The third kappa shape index (κ3) is 6.33. The first kappa shape index (κ1) is 13.8. The van der Waals surface area contributed by atoms with E-state index in [-0.39, 0.29) is 12.5 Å². The molecule has 0 spiro atoms. The zero-order valence-corrected chi connectivity index (χ0v) is 9.43. The van der Waals surface area contributed by atoms with E-state index in [0.29, 0.717) is 12.5 Å². The maximum atomic E-state index is 11.9. The first-order chi connectivity index (χ1) is 7.47. The summed E-state index contributed by atoms with van der Waals surface area (Å²) >= 11 is 0. The highest BCUT2D eigenvalue weighted by Gasteiger charge is 2.27. The second-order valence-electron chi connectivity index (χ2n) is 4.48. The largest absolute Gasteiger partial charge is 0.389 e. The van der Waals surface area contributed by atoms with E-state index in [4.69, 9.17) is 10.5 Å². The first-order valence-corrected chi connectivity index (χ1v) is 5.91. The lowest BCUT2D eigenvalue weighted by atomic mass is 10.0. The molecule has 1 fully saturated rings. The molecule has 0 bridgehead atoms. The summed E-state index contributed by atoms with van der Waals surface area (Å²) in [6.07, 6.45) is 0.145. The smallest absolute Gasteiger partial charge is 0.378 e. The summed E-state index contributed by atoms with van der Waals surface area (Å²) in [6.45, 7) is 0.824. The number of hydrogen-bond donors (Lipinski definition) is 1. The third-order valence-corrected chi connectivity index (χ3v) is 2.92. The van der Waals surface area contributed by atoms with Crippen LogP contribution in [0.25, 0.3) is 0 Å². The average Bonchev–Trinajstić information content (AvgIpc) is 2.66. The Labute approximate surface area is 94.3 Å². The van der Waals surface area contributed by atoms with Crippen LogP contribution in [-0.4, -0.2) is 24.9 Å². The van der Waals surface area contributed by atoms with Crippen molar-refractivity contribution in [1.29, 1.82) is 0 Å². The first-order valence-electron chi connectivity index (χ1n) is 5.91. The molecule has 5 heteroatoms. The minimum absolute atomic E-state index is 0.0367. The lowest BCUT2D eigenvalue weighted by Gasteiger charge is -2.14. The molecule has 0 aromatic rings. The molecule has 0 amide bonds. The number of rotatable bonds is 6. The van der Waals surface area contributed by atoms with E-state index in [1.165, 1.54) is 0 Å². The summed E-state index contributed by atoms with van der Waals surface area (Å²) < 4.78 is 41.2. The Balaban J connectivity index is 1.99. The van der Waals surface area contributed by atoms with Gasteiger partial charge in [-0.05, 0) is 38.5 Å². The monoisotopic (exact) mass is 239 g/mol. The van der Waals surface area contributed by atoms with Crippen molar-refractivity contribution in [2.45, 2.75) is 63.3 Å². The van der Waals surface area contributed by atoms with Gasteiger partial charge in [-0.3, -0.25) is 0 Å². The summed E-state index contributed by atoms with van der Waals surface area (Å²) in [6, 6.07) is -0.331. The predicted molar refractivity (Wildman–Crippen MR) is 56.1 cm³/mol. The second kappa shape index (κ2) is 6.45. The van der Waals surface area contributed by atoms with Crippen molar-refractivity contribution in [3.63, 3.8) is 0 Å². The molecule has 2 N–H and O–H groups in total. The molecule has 2 nitrogen and oxygen atoms in total. The van der Waals surface area contributed by atoms with Crippen LogP contribution >= 0.6 is 0 Å². The highest BCUT2D eigenvalue weighted by Crippen LogP contribution is 2.23. The van der Waals surface area contributed by atoms with E-state index >= 15 is 0 Å². The normalized spacial score (nSPS) is 23.6. The molecule has 0 radical (unpaired) electrons. The molecule has 1 heterocycles. The van der Waals surface area contributed by atoms with Gasteiger partial charge in [0, 0.05) is 19.1 Å². The van der Waals surface area contributed by atoms with Crippen LogP contribution in [0.1, 0.15) is 44.9 Å². The molecule has 0 aromatic carbocycles. The van der Waals surface area contributed by atoms with Gasteiger partial charge >= 0.3 is 6.18 Å². The van der Waals surface area contributed by atoms with Crippen LogP contribution < -0.4 is 5.73 Å². The maximum absolute atomic E-state index is 11.9. The Morgan fingerprint density at radius 1 is 1.31 bits per heavy atom. The average molecular weight is 239 g/mol. The van der Waals surface area contributed by atoms with Gasteiger partial charge in [-0.15, -0.1) is 0 Å². The van der Waals surface area contributed by atoms with Crippen LogP contribution in [0.15, 0.2) is 0 Å². The van der Waals surface area contributed by atoms with E-state index in [1.807, 2.05) is 0 Å². The lowest BCUT2D eigenvalue weighted by Crippen LogP contribution is -2.23. The lowest BCUT2D eigenvalue weighted by molar-refractivity contribution is -0.136. The Morgan fingerprint density at radius 3 is 2.62 bits per heavy atom. The van der Waals surface area contributed by atoms with Crippen molar-refractivity contribution < 1.29 is 17.9 Å². The number of halogens is 3. The molecule has 1 saturated heterocycles. The van der Waals surface area contributed by atoms with Crippen molar-refractivity contribution in [2.75, 3.05) is 6.61 Å². The fraction of sp³-hybridized carbons (Fsp3) is 1.00. The van der Waals surface area contributed by atoms with Crippen LogP contribution in [0.5, 0.6) is 0 Å². The van der Waals surface area contributed by atoms with Crippen molar-refractivity contribution in [3.8, 4) is 0 Å². The summed E-state index contributed by atoms with van der Waals surface area (Å²) in [4.78, 5) is 0. The van der Waals surface area contributed by atoms with Crippen LogP contribution in [0.4, 0.5) is 13.2 Å². The maximum Gasteiger partial charge on any atom is 0.389 e. The SMILES string of the molecule is NC(CCCC1CCCO1)CCC(F)(F)F. The number of nitrogens with two attached hydrogens (primary N) is 1. The van der Waals surface area contributed by atoms with Crippen LogP contribution in [-0.2, 0) is 4.74 Å². The van der Waals surface area contributed by atoms with Crippen LogP contribution in [0.3, 0.4) is 0 Å². The van der Waals surface area contributed by atoms with Gasteiger partial charge in [-0.25, -0.2) is 0 Å². The zero-order chi connectivity index (χ0) is 12.0. The molecule has 0 aliphatic carbocycles. The molecule has 2 unspecified atom stereocenters. The van der Waals surface area contributed by atoms with E-state index in [2.05, 4.69) is 0 Å². The van der Waals surface area contributed by atoms with Crippen LogP contribution in [0, 0.1) is 0 Å². The molecule has 1 aliphatic rings. The van der Waals surface area contributed by atoms with Gasteiger partial charge in [-0.2, -0.15) is 13.2 Å². The molecule has 0 saturated carbocycles. The van der Waals surface area contributed by atoms with E-state index < -0.39 is 12.6 Å². The molecule has 1 rings (SSSR count). The van der Waals surface area contributed by atoms with Crippen molar-refractivity contribution >= 4 is 0 Å². The fourth-order valence-corrected chi connectivity index (χ4v) is 1.97. The minimum atomic E-state index is -4.08. The summed E-state index contributed by atoms with van der Waals surface area (Å²) in [5.74, 6) is 0. The number of alkyl halides is 3. The Bertz CT molecular complexity index is 190. The fourth-order valence-electron chi connectivity index (χ4n) is 1.97. The van der Waals surface area contributed by atoms with Gasteiger partial charge in [-0.1, -0.05) is 0 Å². The minimum Gasteiger partial charge on any atom is -0.378 e. The highest BCUT2D eigenvalue weighted by atomic mass is 19.4. The molecule has 2 atom stereocenters. The Hall–Kier alpha value is -0.290. The van der Waals surface area contributed by atoms with Gasteiger partial charge in [0.25, 0.3) is 0 Å². The van der Waals surface area contributed by atoms with E-state index in [9.17, 15) is 13.2 Å². The van der Waals surface area contributed by atoms with Crippen molar-refractivity contribution in [3.05, 3.63) is 0 Å². The summed E-state index contributed by atoms with van der Waals surface area (Å²) in [5.41, 5.74) is 5.62. The Kier molecular flexibility index (Phi) is 5.55.